The van der Waals surface area contributed by atoms with Crippen molar-refractivity contribution in [3.63, 3.8) is 0 Å². The number of rotatable bonds is 12. The number of aryl methyl sites for hydroxylation is 2. The summed E-state index contributed by atoms with van der Waals surface area (Å²) < 4.78 is 4.42. The van der Waals surface area contributed by atoms with Crippen molar-refractivity contribution in [3.05, 3.63) is 129 Å². The first-order chi connectivity index (χ1) is 23.3. The van der Waals surface area contributed by atoms with E-state index in [1.165, 1.54) is 73.8 Å². The van der Waals surface area contributed by atoms with Crippen molar-refractivity contribution >= 4 is 37.0 Å². The van der Waals surface area contributed by atoms with Crippen molar-refractivity contribution in [1.29, 1.82) is 0 Å². The van der Waals surface area contributed by atoms with Crippen LogP contribution in [0.3, 0.4) is 0 Å². The van der Waals surface area contributed by atoms with Crippen LogP contribution in [0.1, 0.15) is 114 Å². The molecule has 3 heteroatoms. The Labute approximate surface area is 320 Å². The van der Waals surface area contributed by atoms with E-state index in [4.69, 9.17) is 0 Å². The molecule has 4 aromatic carbocycles. The van der Waals surface area contributed by atoms with Gasteiger partial charge in [-0.2, -0.15) is 0 Å². The number of hydrogen-bond donors (Lipinski definition) is 0. The maximum Gasteiger partial charge on any atom is -0.147 e. The van der Waals surface area contributed by atoms with Gasteiger partial charge in [0.25, 0.3) is 0 Å². The van der Waals surface area contributed by atoms with E-state index >= 15 is 0 Å². The Hall–Kier alpha value is -2.19. The largest absolute Gasteiger partial charge is 0.147 e. The molecule has 0 radical (unpaired) electrons. The van der Waals surface area contributed by atoms with E-state index in [-0.39, 0.29) is 24.8 Å². The van der Waals surface area contributed by atoms with E-state index in [0.717, 1.165) is 12.8 Å². The molecule has 0 spiro atoms. The first-order valence-electron chi connectivity index (χ1n) is 19.2. The van der Waals surface area contributed by atoms with Crippen molar-refractivity contribution in [2.45, 2.75) is 102 Å². The average Bonchev–Trinajstić information content (AvgIpc) is 3.59. The van der Waals surface area contributed by atoms with Crippen molar-refractivity contribution in [3.8, 4) is 22.3 Å². The van der Waals surface area contributed by atoms with Gasteiger partial charge in [0.2, 0.25) is 0 Å². The second-order valence-corrected chi connectivity index (χ2v) is 32.7. The monoisotopic (exact) mass is 872 g/mol. The normalized spacial score (nSPS) is 18.5. The van der Waals surface area contributed by atoms with Gasteiger partial charge in [0.1, 0.15) is 0 Å². The molecule has 0 aromatic heterocycles. The summed E-state index contributed by atoms with van der Waals surface area (Å²) in [6.45, 7) is 14.3. The summed E-state index contributed by atoms with van der Waals surface area (Å²) >= 11 is -3.11. The van der Waals surface area contributed by atoms with Gasteiger partial charge in [-0.05, 0) is 0 Å². The van der Waals surface area contributed by atoms with Crippen molar-refractivity contribution in [2.24, 2.45) is 11.8 Å². The van der Waals surface area contributed by atoms with Crippen LogP contribution in [-0.4, -0.2) is 0 Å². The maximum atomic E-state index is 2.70. The number of fused-ring (bicyclic) bond motifs is 2. The number of halogens is 2. The molecule has 50 heavy (non-hydrogen) atoms. The minimum Gasteiger partial charge on any atom is -0.147 e. The van der Waals surface area contributed by atoms with Crippen LogP contribution in [0.15, 0.2) is 96.1 Å². The van der Waals surface area contributed by atoms with Gasteiger partial charge in [-0.1, -0.05) is 0 Å². The fourth-order valence-corrected chi connectivity index (χ4v) is 32.3. The molecule has 0 N–H and O–H groups in total. The smallest absolute Gasteiger partial charge is 0.147 e. The van der Waals surface area contributed by atoms with Crippen LogP contribution in [0.25, 0.3) is 34.4 Å². The topological polar surface area (TPSA) is 0 Å². The predicted octanol–water partition coefficient (Wildman–Crippen LogP) is 14.8. The molecule has 1 heterocycles. The molecule has 0 nitrogen and oxygen atoms in total. The van der Waals surface area contributed by atoms with Crippen LogP contribution in [-0.2, 0) is 32.8 Å². The molecular weight excluding hydrogens is 814 g/mol. The van der Waals surface area contributed by atoms with Gasteiger partial charge in [0, 0.05) is 0 Å². The summed E-state index contributed by atoms with van der Waals surface area (Å²) in [6.07, 6.45) is 14.0. The van der Waals surface area contributed by atoms with E-state index in [1.54, 1.807) is 33.4 Å². The van der Waals surface area contributed by atoms with E-state index in [9.17, 15) is 0 Å². The third-order valence-electron chi connectivity index (χ3n) is 11.6. The summed E-state index contributed by atoms with van der Waals surface area (Å²) in [7, 11) is 0. The minimum absolute atomic E-state index is 0. The van der Waals surface area contributed by atoms with Crippen molar-refractivity contribution in [2.75, 3.05) is 0 Å². The number of benzene rings is 4. The Kier molecular flexibility index (Phi) is 13.0. The molecule has 1 fully saturated rings. The molecular formula is C47H58Cl2Hf. The first kappa shape index (κ1) is 39.0. The van der Waals surface area contributed by atoms with Crippen LogP contribution in [0, 0.1) is 11.8 Å². The standard InChI is InChI=1S/2C22H25.C3H6.2ClH.Hf/c2*1-4-6-17-9-11-19(12-10-17)21-8-5-7-20-14-18(13-16(2)3)15-22(20)21;1-3-2;;;/h2*5,7-12,14-16H,4,6,13H2,1-3H3;1-3H2;2*1H;. The summed E-state index contributed by atoms with van der Waals surface area (Å²) in [5, 5.41) is 0. The summed E-state index contributed by atoms with van der Waals surface area (Å²) in [4.78, 5) is 0. The van der Waals surface area contributed by atoms with Gasteiger partial charge in [-0.3, -0.25) is 0 Å². The summed E-state index contributed by atoms with van der Waals surface area (Å²) in [6, 6.07) is 33.7. The zero-order valence-electron chi connectivity index (χ0n) is 31.2. The molecule has 2 aliphatic carbocycles. The Morgan fingerprint density at radius 2 is 0.960 bits per heavy atom. The third-order valence-corrected chi connectivity index (χ3v) is 34.0. The molecule has 0 amide bonds. The number of hydrogen-bond acceptors (Lipinski definition) is 0. The van der Waals surface area contributed by atoms with Crippen molar-refractivity contribution < 1.29 is 20.0 Å². The van der Waals surface area contributed by atoms with Gasteiger partial charge >= 0.3 is 298 Å². The molecule has 264 valence electrons. The van der Waals surface area contributed by atoms with Gasteiger partial charge in [-0.25, -0.2) is 0 Å². The molecule has 0 bridgehead atoms. The third kappa shape index (κ3) is 7.36. The molecule has 3 aliphatic rings. The second-order valence-electron chi connectivity index (χ2n) is 16.1. The molecule has 4 aromatic rings. The average molecular weight is 872 g/mol. The van der Waals surface area contributed by atoms with Crippen molar-refractivity contribution in [1.82, 2.24) is 0 Å². The van der Waals surface area contributed by atoms with Crippen LogP contribution >= 0.6 is 24.8 Å². The van der Waals surface area contributed by atoms with E-state index in [2.05, 4.69) is 139 Å². The van der Waals surface area contributed by atoms with Crippen LogP contribution in [0.2, 0.25) is 8.35 Å². The minimum atomic E-state index is -3.11. The van der Waals surface area contributed by atoms with Gasteiger partial charge < -0.3 is 0 Å². The predicted molar refractivity (Wildman–Crippen MR) is 221 cm³/mol. The first-order valence-corrected chi connectivity index (χ1v) is 28.4. The molecule has 1 saturated heterocycles. The van der Waals surface area contributed by atoms with Crippen LogP contribution in [0.5, 0.6) is 0 Å². The molecule has 0 saturated carbocycles. The van der Waals surface area contributed by atoms with Crippen LogP contribution < -0.4 is 0 Å². The second kappa shape index (κ2) is 16.7. The number of allylic oxidation sites excluding steroid dienone is 2. The molecule has 7 rings (SSSR count). The SMILES string of the molecule is CCCc1ccc(-c2cccc3c2C=C(CC(C)C)[CH]3[Hf]2([CH]3C(CC(C)C)=Cc4c(-c5ccc(CCC)cc5)cccc43)[CH2]C[CH2]2)cc1.Cl.Cl. The zero-order valence-corrected chi connectivity index (χ0v) is 36.5. The van der Waals surface area contributed by atoms with Crippen LogP contribution in [0.4, 0.5) is 0 Å². The Morgan fingerprint density at radius 1 is 0.560 bits per heavy atom. The molecule has 2 atom stereocenters. The summed E-state index contributed by atoms with van der Waals surface area (Å²) in [5.74, 6) is 1.33. The fourth-order valence-electron chi connectivity index (χ4n) is 9.69. The quantitative estimate of drug-likeness (QED) is 0.124. The van der Waals surface area contributed by atoms with E-state index in [1.807, 2.05) is 0 Å². The Bertz CT molecular complexity index is 1690. The van der Waals surface area contributed by atoms with E-state index < -0.39 is 20.0 Å². The fraction of sp³-hybridized carbons (Fsp3) is 0.404. The Balaban J connectivity index is 0.00000243. The van der Waals surface area contributed by atoms with Gasteiger partial charge in [0.15, 0.2) is 0 Å². The van der Waals surface area contributed by atoms with Gasteiger partial charge in [0.05, 0.1) is 0 Å². The molecule has 1 aliphatic heterocycles. The maximum absolute atomic E-state index is 3.11. The zero-order chi connectivity index (χ0) is 33.4. The van der Waals surface area contributed by atoms with Gasteiger partial charge in [-0.15, -0.1) is 24.8 Å². The molecule has 2 unspecified atom stereocenters. The summed E-state index contributed by atoms with van der Waals surface area (Å²) in [5.41, 5.74) is 18.6. The van der Waals surface area contributed by atoms with E-state index in [0.29, 0.717) is 19.2 Å². The Morgan fingerprint density at radius 3 is 1.28 bits per heavy atom.